The molecular weight excluding hydrogens is 262 g/mol. The summed E-state index contributed by atoms with van der Waals surface area (Å²) in [6.07, 6.45) is 0. The second kappa shape index (κ2) is 6.98. The number of phenols is 1. The van der Waals surface area contributed by atoms with Gasteiger partial charge in [0.1, 0.15) is 5.75 Å². The van der Waals surface area contributed by atoms with E-state index in [0.717, 1.165) is 0 Å². The molecule has 8 nitrogen and oxygen atoms in total. The summed E-state index contributed by atoms with van der Waals surface area (Å²) >= 11 is 0. The number of amides is 2. The van der Waals surface area contributed by atoms with Crippen molar-refractivity contribution < 1.29 is 14.7 Å². The summed E-state index contributed by atoms with van der Waals surface area (Å²) < 4.78 is 0. The van der Waals surface area contributed by atoms with E-state index in [4.69, 9.17) is 11.1 Å². The average molecular weight is 278 g/mol. The molecule has 0 aliphatic carbocycles. The van der Waals surface area contributed by atoms with E-state index in [1.165, 1.54) is 18.2 Å². The van der Waals surface area contributed by atoms with Crippen molar-refractivity contribution in [1.29, 1.82) is 5.41 Å². The predicted octanol–water partition coefficient (Wildman–Crippen LogP) is -0.622. The van der Waals surface area contributed by atoms with Gasteiger partial charge < -0.3 is 26.8 Å². The highest BCUT2D eigenvalue weighted by Gasteiger charge is 2.13. The van der Waals surface area contributed by atoms with Gasteiger partial charge in [0.15, 0.2) is 5.96 Å². The Morgan fingerprint density at radius 3 is 2.65 bits per heavy atom. The lowest BCUT2D eigenvalue weighted by Crippen LogP contribution is -2.36. The Morgan fingerprint density at radius 2 is 2.05 bits per heavy atom. The third-order valence-corrected chi connectivity index (χ3v) is 2.25. The van der Waals surface area contributed by atoms with Crippen LogP contribution in [-0.2, 0) is 4.79 Å². The molecule has 0 aromatic heterocycles. The van der Waals surface area contributed by atoms with Crippen molar-refractivity contribution in [2.45, 2.75) is 0 Å². The first-order valence-corrected chi connectivity index (χ1v) is 5.72. The first-order valence-electron chi connectivity index (χ1n) is 5.72. The number of nitrogens with two attached hydrogens (primary N) is 1. The summed E-state index contributed by atoms with van der Waals surface area (Å²) in [6, 6.07) is 4.07. The molecule has 107 valence electrons. The van der Waals surface area contributed by atoms with E-state index in [9.17, 15) is 14.7 Å². The molecule has 0 bridgehead atoms. The first-order chi connectivity index (χ1) is 9.43. The normalized spacial score (nSPS) is 9.65. The van der Waals surface area contributed by atoms with Crippen molar-refractivity contribution in [3.63, 3.8) is 0 Å². The molecule has 1 rings (SSSR count). The van der Waals surface area contributed by atoms with Crippen molar-refractivity contribution in [3.05, 3.63) is 30.7 Å². The molecular formula is C12H16N5O3. The SMILES string of the molecule is [CH2]CNC(=O)CNC(=O)c1cc(NC(=N)N)ccc1O. The number of hydrogen-bond donors (Lipinski definition) is 6. The number of benzene rings is 1. The van der Waals surface area contributed by atoms with E-state index < -0.39 is 5.91 Å². The predicted molar refractivity (Wildman–Crippen MR) is 74.3 cm³/mol. The van der Waals surface area contributed by atoms with Crippen molar-refractivity contribution in [3.8, 4) is 5.75 Å². The zero-order valence-corrected chi connectivity index (χ0v) is 10.7. The molecule has 0 aliphatic heterocycles. The average Bonchev–Trinajstić information content (AvgIpc) is 2.38. The molecule has 1 aromatic rings. The zero-order chi connectivity index (χ0) is 15.1. The Kier molecular flexibility index (Phi) is 5.33. The molecule has 0 unspecified atom stereocenters. The van der Waals surface area contributed by atoms with E-state index in [2.05, 4.69) is 22.9 Å². The number of nitrogens with one attached hydrogen (secondary N) is 4. The van der Waals surface area contributed by atoms with Crippen molar-refractivity contribution in [2.75, 3.05) is 18.4 Å². The quantitative estimate of drug-likeness (QED) is 0.242. The number of anilines is 1. The van der Waals surface area contributed by atoms with E-state index in [0.29, 0.717) is 5.69 Å². The van der Waals surface area contributed by atoms with Crippen LogP contribution >= 0.6 is 0 Å². The highest BCUT2D eigenvalue weighted by atomic mass is 16.3. The number of hydrogen-bond acceptors (Lipinski definition) is 4. The van der Waals surface area contributed by atoms with Gasteiger partial charge in [-0.2, -0.15) is 0 Å². The van der Waals surface area contributed by atoms with Gasteiger partial charge >= 0.3 is 0 Å². The van der Waals surface area contributed by atoms with Gasteiger partial charge in [-0.15, -0.1) is 0 Å². The minimum absolute atomic E-state index is 0.0290. The molecule has 0 fully saturated rings. The lowest BCUT2D eigenvalue weighted by Gasteiger charge is -2.09. The Morgan fingerprint density at radius 1 is 1.35 bits per heavy atom. The van der Waals surface area contributed by atoms with Gasteiger partial charge in [-0.25, -0.2) is 0 Å². The van der Waals surface area contributed by atoms with Crippen LogP contribution in [-0.4, -0.2) is 36.0 Å². The van der Waals surface area contributed by atoms with Crippen LogP contribution in [0.5, 0.6) is 5.75 Å². The number of carbonyl (C=O) groups is 2. The third-order valence-electron chi connectivity index (χ3n) is 2.25. The van der Waals surface area contributed by atoms with Gasteiger partial charge in [-0.05, 0) is 25.1 Å². The first kappa shape index (κ1) is 15.3. The van der Waals surface area contributed by atoms with Gasteiger partial charge in [-0.3, -0.25) is 15.0 Å². The molecule has 8 heteroatoms. The molecule has 0 spiro atoms. The maximum absolute atomic E-state index is 11.8. The fourth-order valence-electron chi connectivity index (χ4n) is 1.41. The topological polar surface area (TPSA) is 140 Å². The van der Waals surface area contributed by atoms with Gasteiger partial charge in [0, 0.05) is 12.2 Å². The summed E-state index contributed by atoms with van der Waals surface area (Å²) in [4.78, 5) is 23.0. The molecule has 20 heavy (non-hydrogen) atoms. The smallest absolute Gasteiger partial charge is 0.255 e. The summed E-state index contributed by atoms with van der Waals surface area (Å²) in [5, 5.41) is 24.0. The van der Waals surface area contributed by atoms with Crippen LogP contribution in [0, 0.1) is 12.3 Å². The van der Waals surface area contributed by atoms with E-state index >= 15 is 0 Å². The number of guanidine groups is 1. The third kappa shape index (κ3) is 4.48. The van der Waals surface area contributed by atoms with E-state index in [1.54, 1.807) is 0 Å². The summed E-state index contributed by atoms with van der Waals surface area (Å²) in [5.41, 5.74) is 5.52. The second-order valence-corrected chi connectivity index (χ2v) is 3.80. The van der Waals surface area contributed by atoms with Crippen LogP contribution in [0.1, 0.15) is 10.4 Å². The fraction of sp³-hybridized carbons (Fsp3) is 0.167. The van der Waals surface area contributed by atoms with Crippen LogP contribution in [0.15, 0.2) is 18.2 Å². The van der Waals surface area contributed by atoms with Crippen LogP contribution in [0.3, 0.4) is 0 Å². The standard InChI is InChI=1S/C12H16N5O3/c1-2-15-10(19)6-16-11(20)8-5-7(17-12(13)14)3-4-9(8)18/h3-5,18H,1-2,6H2,(H,15,19)(H,16,20)(H4,13,14,17). The largest absolute Gasteiger partial charge is 0.507 e. The molecule has 0 heterocycles. The maximum atomic E-state index is 11.8. The zero-order valence-electron chi connectivity index (χ0n) is 10.7. The van der Waals surface area contributed by atoms with Crippen molar-refractivity contribution >= 4 is 23.5 Å². The Hall–Kier alpha value is -2.77. The minimum Gasteiger partial charge on any atom is -0.507 e. The lowest BCUT2D eigenvalue weighted by atomic mass is 10.1. The lowest BCUT2D eigenvalue weighted by molar-refractivity contribution is -0.119. The van der Waals surface area contributed by atoms with Crippen molar-refractivity contribution in [1.82, 2.24) is 10.6 Å². The highest BCUT2D eigenvalue weighted by molar-refractivity contribution is 6.00. The summed E-state index contributed by atoms with van der Waals surface area (Å²) in [6.45, 7) is 3.44. The molecule has 0 aliphatic rings. The molecule has 1 radical (unpaired) electrons. The number of phenolic OH excluding ortho intramolecular Hbond substituents is 1. The maximum Gasteiger partial charge on any atom is 0.255 e. The molecule has 0 saturated heterocycles. The van der Waals surface area contributed by atoms with Crippen molar-refractivity contribution in [2.24, 2.45) is 5.73 Å². The van der Waals surface area contributed by atoms with Gasteiger partial charge in [0.05, 0.1) is 12.1 Å². The molecule has 0 atom stereocenters. The molecule has 1 aromatic carbocycles. The van der Waals surface area contributed by atoms with Crippen LogP contribution in [0.2, 0.25) is 0 Å². The van der Waals surface area contributed by atoms with E-state index in [-0.39, 0.29) is 36.3 Å². The molecule has 7 N–H and O–H groups in total. The Labute approximate surface area is 115 Å². The summed E-state index contributed by atoms with van der Waals surface area (Å²) in [5.74, 6) is -1.54. The van der Waals surface area contributed by atoms with Gasteiger partial charge in [-0.1, -0.05) is 0 Å². The van der Waals surface area contributed by atoms with E-state index in [1.807, 2.05) is 0 Å². The Bertz CT molecular complexity index is 530. The molecule has 0 saturated carbocycles. The van der Waals surface area contributed by atoms with Crippen LogP contribution < -0.4 is 21.7 Å². The second-order valence-electron chi connectivity index (χ2n) is 3.80. The van der Waals surface area contributed by atoms with Gasteiger partial charge in [0.2, 0.25) is 5.91 Å². The number of rotatable bonds is 5. The fourth-order valence-corrected chi connectivity index (χ4v) is 1.41. The highest BCUT2D eigenvalue weighted by Crippen LogP contribution is 2.21. The molecule has 2 amide bonds. The van der Waals surface area contributed by atoms with Crippen LogP contribution in [0.4, 0.5) is 5.69 Å². The number of aromatic hydroxyl groups is 1. The summed E-state index contributed by atoms with van der Waals surface area (Å²) in [7, 11) is 0. The minimum atomic E-state index is -0.617. The van der Waals surface area contributed by atoms with Crippen LogP contribution in [0.25, 0.3) is 0 Å². The Balaban J connectivity index is 2.76. The van der Waals surface area contributed by atoms with Gasteiger partial charge in [0.25, 0.3) is 5.91 Å². The monoisotopic (exact) mass is 278 g/mol. The number of carbonyl (C=O) groups excluding carboxylic acids is 2.